The molecule has 0 aliphatic rings. The van der Waals surface area contributed by atoms with E-state index in [2.05, 4.69) is 22.8 Å². The minimum Gasteiger partial charge on any atom is -0.494 e. The van der Waals surface area contributed by atoms with Crippen molar-refractivity contribution in [2.45, 2.75) is 238 Å². The highest BCUT2D eigenvalue weighted by molar-refractivity contribution is 6.63. The maximum atomic E-state index is 11.8. The summed E-state index contributed by atoms with van der Waals surface area (Å²) in [5, 5.41) is 5.21. The van der Waals surface area contributed by atoms with Crippen molar-refractivity contribution in [1.29, 1.82) is 0 Å². The lowest BCUT2D eigenvalue weighted by Gasteiger charge is -2.28. The molecule has 0 heterocycles. The lowest BCUT2D eigenvalue weighted by Crippen LogP contribution is -2.46. The number of hydrogen-bond donors (Lipinski definition) is 2. The first-order valence-corrected chi connectivity index (χ1v) is 55.1. The van der Waals surface area contributed by atoms with Crippen LogP contribution in [0.25, 0.3) is 0 Å². The van der Waals surface area contributed by atoms with Gasteiger partial charge in [-0.05, 0) is 199 Å². The molecule has 0 unspecified atom stereocenters. The third-order valence-corrected chi connectivity index (χ3v) is 37.8. The molecule has 2 N–H and O–H groups in total. The van der Waals surface area contributed by atoms with Crippen LogP contribution in [0.15, 0.2) is 54.6 Å². The van der Waals surface area contributed by atoms with Crippen LogP contribution in [0, 0.1) is 0 Å². The van der Waals surface area contributed by atoms with E-state index in [-0.39, 0.29) is 0 Å². The van der Waals surface area contributed by atoms with Gasteiger partial charge in [0.2, 0.25) is 6.79 Å². The molecule has 2 rings (SSSR count). The van der Waals surface area contributed by atoms with Gasteiger partial charge in [0.15, 0.2) is 0 Å². The van der Waals surface area contributed by atoms with Crippen LogP contribution in [0.1, 0.15) is 194 Å². The van der Waals surface area contributed by atoms with Gasteiger partial charge in [-0.3, -0.25) is 0 Å². The van der Waals surface area contributed by atoms with Crippen molar-refractivity contribution in [1.82, 2.24) is 10.6 Å². The zero-order valence-corrected chi connectivity index (χ0v) is 80.2. The summed E-state index contributed by atoms with van der Waals surface area (Å²) in [6.45, 7) is 46.9. The molecule has 2 aromatic rings. The van der Waals surface area contributed by atoms with Gasteiger partial charge in [-0.1, -0.05) is 56.0 Å². The summed E-state index contributed by atoms with van der Waals surface area (Å²) in [7, 11) is -13.1. The number of rotatable bonds is 71. The Morgan fingerprint density at radius 1 is 0.268 bits per heavy atom. The number of unbranched alkanes of at least 4 members (excludes halogenated alkanes) is 5. The fourth-order valence-corrected chi connectivity index (χ4v) is 29.2. The molecule has 0 spiro atoms. The second-order valence-electron chi connectivity index (χ2n) is 24.2. The molecule has 0 radical (unpaired) electrons. The predicted octanol–water partition coefficient (Wildman–Crippen LogP) is 16.1. The zero-order valence-electron chi connectivity index (χ0n) is 73.2. The van der Waals surface area contributed by atoms with Crippen molar-refractivity contribution in [3.05, 3.63) is 60.2 Å². The lowest BCUT2D eigenvalue weighted by atomic mass is 10.1. The molecular formula is C76H156N2O27Si7. The number of nitrogens with one attached hydrogen (secondary N) is 2. The zero-order chi connectivity index (χ0) is 83.8. The molecule has 2 amide bonds. The Morgan fingerprint density at radius 3 is 0.723 bits per heavy atom. The molecule has 0 aliphatic heterocycles. The van der Waals surface area contributed by atoms with Crippen molar-refractivity contribution in [3.63, 3.8) is 0 Å². The molecule has 660 valence electrons. The van der Waals surface area contributed by atoms with Gasteiger partial charge in [-0.15, -0.1) is 0 Å². The van der Waals surface area contributed by atoms with Gasteiger partial charge in [0.1, 0.15) is 11.5 Å². The Labute approximate surface area is 684 Å². The Morgan fingerprint density at radius 2 is 0.491 bits per heavy atom. The average molecular weight is 1730 g/mol. The van der Waals surface area contributed by atoms with Crippen LogP contribution in [-0.4, -0.2) is 247 Å². The summed E-state index contributed by atoms with van der Waals surface area (Å²) in [6.07, 6.45) is 9.36. The first-order valence-electron chi connectivity index (χ1n) is 41.6. The van der Waals surface area contributed by atoms with Gasteiger partial charge in [0.25, 0.3) is 0 Å². The van der Waals surface area contributed by atoms with Gasteiger partial charge in [0, 0.05) is 196 Å². The third kappa shape index (κ3) is 51.6. The maximum Gasteiger partial charge on any atom is 0.501 e. The van der Waals surface area contributed by atoms with Crippen molar-refractivity contribution in [2.24, 2.45) is 0 Å². The molecule has 0 saturated carbocycles. The van der Waals surface area contributed by atoms with Gasteiger partial charge in [0.05, 0.1) is 13.2 Å². The largest absolute Gasteiger partial charge is 0.501 e. The maximum absolute atomic E-state index is 11.8. The van der Waals surface area contributed by atoms with Crippen LogP contribution in [0.2, 0.25) is 42.3 Å². The van der Waals surface area contributed by atoms with E-state index in [4.69, 9.17) is 112 Å². The molecule has 2 aromatic carbocycles. The van der Waals surface area contributed by atoms with Crippen LogP contribution >= 0.6 is 0 Å². The van der Waals surface area contributed by atoms with E-state index in [0.29, 0.717) is 170 Å². The molecule has 0 atom stereocenters. The number of ether oxygens (including phenoxy) is 4. The smallest absolute Gasteiger partial charge is 0.494 e. The van der Waals surface area contributed by atoms with Gasteiger partial charge in [-0.2, -0.15) is 0 Å². The highest BCUT2D eigenvalue weighted by Gasteiger charge is 2.45. The van der Waals surface area contributed by atoms with Crippen molar-refractivity contribution < 1.29 is 121 Å². The van der Waals surface area contributed by atoms with E-state index in [9.17, 15) is 9.59 Å². The molecule has 112 heavy (non-hydrogen) atoms. The minimum absolute atomic E-state index is 0.345. The topological polar surface area (TPSA) is 289 Å². The second kappa shape index (κ2) is 72.3. The molecule has 29 nitrogen and oxygen atoms in total. The average Bonchev–Trinajstić information content (AvgIpc) is 1.08. The summed E-state index contributed by atoms with van der Waals surface area (Å²) in [6, 6.07) is 23.2. The van der Waals surface area contributed by atoms with Crippen LogP contribution in [0.5, 0.6) is 11.5 Å². The number of hydrogen-bond acceptors (Lipinski definition) is 27. The first-order chi connectivity index (χ1) is 54.2. The van der Waals surface area contributed by atoms with Crippen molar-refractivity contribution >= 4 is 73.8 Å². The Bertz CT molecular complexity index is 2200. The fourth-order valence-electron chi connectivity index (χ4n) is 11.7. The lowest BCUT2D eigenvalue weighted by molar-refractivity contribution is 0.0240. The molecule has 0 aliphatic carbocycles. The Balaban J connectivity index is 0. The molecule has 0 aromatic heterocycles. The monoisotopic (exact) mass is 1720 g/mol. The van der Waals surface area contributed by atoms with Crippen LogP contribution < -0.4 is 20.1 Å². The standard InChI is InChI=1S/C24H46O8Si2.C21H46N2O10Si2.C20H46O6Si2.C11H18O3Si/c1-7-27-33(28-8-2,29-9-3)21-13-19-25-23-15-17-24(18-16-23)26-20-14-22-34(30-10-4,31-11-5)32-12-6;1-7-28-34(29-8-2,30-9-3)17-13-15-22-20(24)26-19-27-21(25)23-16-14-18-35(31-10-4,32-11-5)33-12-6;1-7-21-27(22-8-2,23-9-3)19-17-15-13-14-16-18-20-28(24-10-4,25-11-5)26-12-6;1-12-15(13-2,14-3)10-9-11-7-5-4-6-8-11/h15-18H,7-14,19-22H2,1-6H3;7-19H2,1-6H3,(H,22,24)(H,23,25);7-20H2,1-6H3;4-8H,9-10H2,1-3H3. The van der Waals surface area contributed by atoms with Gasteiger partial charge >= 0.3 is 73.8 Å². The van der Waals surface area contributed by atoms with Crippen LogP contribution in [0.3, 0.4) is 0 Å². The van der Waals surface area contributed by atoms with E-state index in [1.807, 2.05) is 167 Å². The summed E-state index contributed by atoms with van der Waals surface area (Å²) in [4.78, 5) is 23.6. The molecule has 0 bridgehead atoms. The molecular weight excluding hydrogens is 1570 g/mol. The minimum atomic E-state index is -2.74. The number of alkyl carbamates (subject to hydrolysis) is 2. The van der Waals surface area contributed by atoms with E-state index in [1.54, 1.807) is 21.3 Å². The summed E-state index contributed by atoms with van der Waals surface area (Å²) < 4.78 is 143. The molecule has 0 saturated heterocycles. The first kappa shape index (κ1) is 111. The summed E-state index contributed by atoms with van der Waals surface area (Å²) in [5.41, 5.74) is 1.28. The summed E-state index contributed by atoms with van der Waals surface area (Å²) >= 11 is 0. The quantitative estimate of drug-likeness (QED) is 0.0353. The van der Waals surface area contributed by atoms with Crippen molar-refractivity contribution in [2.75, 3.05) is 173 Å². The van der Waals surface area contributed by atoms with Gasteiger partial charge < -0.3 is 123 Å². The highest BCUT2D eigenvalue weighted by Crippen LogP contribution is 2.27. The van der Waals surface area contributed by atoms with E-state index in [0.717, 1.165) is 73.8 Å². The third-order valence-electron chi connectivity index (χ3n) is 16.1. The van der Waals surface area contributed by atoms with E-state index in [1.165, 1.54) is 31.2 Å². The Kier molecular flexibility index (Phi) is 71.8. The normalized spacial score (nSPS) is 12.1. The fraction of sp³-hybridized carbons (Fsp3) is 0.816. The number of benzene rings is 2. The molecule has 0 fully saturated rings. The van der Waals surface area contributed by atoms with Crippen LogP contribution in [0.4, 0.5) is 9.59 Å². The molecule has 36 heteroatoms. The number of amides is 2. The Hall–Kier alpha value is -2.74. The number of carbonyl (C=O) groups is 2. The van der Waals surface area contributed by atoms with E-state index >= 15 is 0 Å². The number of aryl methyl sites for hydroxylation is 1. The second-order valence-corrected chi connectivity index (χ2v) is 43.7. The van der Waals surface area contributed by atoms with E-state index < -0.39 is 80.6 Å². The highest BCUT2D eigenvalue weighted by atomic mass is 28.4. The predicted molar refractivity (Wildman–Crippen MR) is 452 cm³/mol. The summed E-state index contributed by atoms with van der Waals surface area (Å²) in [5.74, 6) is 1.61. The number of carbonyl (C=O) groups excluding carboxylic acids is 2. The van der Waals surface area contributed by atoms with Gasteiger partial charge in [-0.25, -0.2) is 9.59 Å². The SMILES string of the molecule is CCO[Si](CCCCCCCC[Si](OCC)(OCC)OCC)(OCC)OCC.CCO[Si](CCCNC(=O)OCOC(=O)NCCC[Si](OCC)(OCC)OCC)(OCC)OCC.CCO[Si](CCCOc1ccc(OCCC[Si](OCC)(OCC)OCC)cc1)(OCC)OCC.CO[Si](CCc1ccccc1)(OC)OC. The van der Waals surface area contributed by atoms with Crippen LogP contribution in [-0.2, 0) is 109 Å². The van der Waals surface area contributed by atoms with Crippen molar-refractivity contribution in [3.8, 4) is 11.5 Å².